The molecule has 2 aromatic rings. The van der Waals surface area contributed by atoms with Gasteiger partial charge < -0.3 is 9.64 Å². The molecule has 0 unspecified atom stereocenters. The molecule has 0 radical (unpaired) electrons. The molecule has 0 saturated carbocycles. The molecule has 0 spiro atoms. The van der Waals surface area contributed by atoms with Gasteiger partial charge in [-0.2, -0.15) is 5.26 Å². The van der Waals surface area contributed by atoms with Crippen LogP contribution in [0.2, 0.25) is 0 Å². The van der Waals surface area contributed by atoms with E-state index in [0.717, 1.165) is 30.1 Å². The smallest absolute Gasteiger partial charge is 0.128 e. The lowest BCUT2D eigenvalue weighted by molar-refractivity contribution is 0.414. The van der Waals surface area contributed by atoms with E-state index >= 15 is 0 Å². The molecule has 1 heterocycles. The van der Waals surface area contributed by atoms with Crippen molar-refractivity contribution in [3.63, 3.8) is 0 Å². The fourth-order valence-corrected chi connectivity index (χ4v) is 2.96. The van der Waals surface area contributed by atoms with Gasteiger partial charge in [0.15, 0.2) is 0 Å². The number of halogens is 1. The molecule has 0 N–H and O–H groups in total. The summed E-state index contributed by atoms with van der Waals surface area (Å²) >= 11 is 0. The van der Waals surface area contributed by atoms with Gasteiger partial charge in [-0.3, -0.25) is 0 Å². The number of hydrogen-bond donors (Lipinski definition) is 0. The molecule has 0 amide bonds. The zero-order valence-corrected chi connectivity index (χ0v) is 13.6. The van der Waals surface area contributed by atoms with E-state index in [4.69, 9.17) is 4.74 Å². The van der Waals surface area contributed by atoms with E-state index < -0.39 is 0 Å². The molecular formula is C20H19FN2O. The van der Waals surface area contributed by atoms with E-state index in [1.165, 1.54) is 25.0 Å². The fraction of sp³-hybridized carbons (Fsp3) is 0.250. The lowest BCUT2D eigenvalue weighted by Gasteiger charge is -2.19. The maximum Gasteiger partial charge on any atom is 0.128 e. The number of nitriles is 1. The molecule has 1 aliphatic heterocycles. The second-order valence-corrected chi connectivity index (χ2v) is 5.80. The first-order valence-electron chi connectivity index (χ1n) is 8.02. The molecule has 3 rings (SSSR count). The van der Waals surface area contributed by atoms with Crippen LogP contribution in [0, 0.1) is 17.1 Å². The van der Waals surface area contributed by atoms with Crippen molar-refractivity contribution < 1.29 is 9.13 Å². The minimum atomic E-state index is -0.316. The summed E-state index contributed by atoms with van der Waals surface area (Å²) in [7, 11) is 1.63. The Bertz CT molecular complexity index is 784. The van der Waals surface area contributed by atoms with Gasteiger partial charge in [0.1, 0.15) is 11.6 Å². The predicted octanol–water partition coefficient (Wildman–Crippen LogP) is 4.50. The van der Waals surface area contributed by atoms with Crippen LogP contribution in [0.4, 0.5) is 10.1 Å². The number of ether oxygens (including phenoxy) is 1. The van der Waals surface area contributed by atoms with Crippen LogP contribution in [0.1, 0.15) is 24.0 Å². The van der Waals surface area contributed by atoms with Crippen molar-refractivity contribution >= 4 is 17.3 Å². The number of anilines is 1. The SMILES string of the molecule is COc1cc(N2CCCC2)ccc1/C=C(\C#N)c1ccc(F)cc1. The van der Waals surface area contributed by atoms with E-state index in [1.54, 1.807) is 25.3 Å². The van der Waals surface area contributed by atoms with Gasteiger partial charge in [-0.1, -0.05) is 12.1 Å². The first kappa shape index (κ1) is 16.1. The molecule has 0 aliphatic carbocycles. The van der Waals surface area contributed by atoms with E-state index in [2.05, 4.69) is 17.0 Å². The summed E-state index contributed by atoms with van der Waals surface area (Å²) in [6, 6.07) is 14.1. The quantitative estimate of drug-likeness (QED) is 0.614. The monoisotopic (exact) mass is 322 g/mol. The normalized spacial score (nSPS) is 14.5. The highest BCUT2D eigenvalue weighted by atomic mass is 19.1. The molecule has 1 fully saturated rings. The van der Waals surface area contributed by atoms with Crippen LogP contribution >= 0.6 is 0 Å². The van der Waals surface area contributed by atoms with E-state index in [1.807, 2.05) is 12.1 Å². The van der Waals surface area contributed by atoms with Crippen molar-refractivity contribution in [2.75, 3.05) is 25.1 Å². The lowest BCUT2D eigenvalue weighted by Crippen LogP contribution is -2.17. The first-order chi connectivity index (χ1) is 11.7. The van der Waals surface area contributed by atoms with Gasteiger partial charge >= 0.3 is 0 Å². The largest absolute Gasteiger partial charge is 0.496 e. The van der Waals surface area contributed by atoms with Crippen LogP contribution in [-0.4, -0.2) is 20.2 Å². The minimum Gasteiger partial charge on any atom is -0.496 e. The minimum absolute atomic E-state index is 0.316. The summed E-state index contributed by atoms with van der Waals surface area (Å²) in [4.78, 5) is 2.33. The molecule has 4 heteroatoms. The van der Waals surface area contributed by atoms with Gasteiger partial charge in [-0.25, -0.2) is 4.39 Å². The van der Waals surface area contributed by atoms with Crippen LogP contribution in [0.3, 0.4) is 0 Å². The molecule has 2 aromatic carbocycles. The Labute approximate surface area is 141 Å². The van der Waals surface area contributed by atoms with Crippen molar-refractivity contribution in [2.24, 2.45) is 0 Å². The summed E-state index contributed by atoms with van der Waals surface area (Å²) in [6.07, 6.45) is 4.21. The van der Waals surface area contributed by atoms with Crippen molar-refractivity contribution in [2.45, 2.75) is 12.8 Å². The topological polar surface area (TPSA) is 36.3 Å². The average molecular weight is 322 g/mol. The zero-order valence-electron chi connectivity index (χ0n) is 13.6. The lowest BCUT2D eigenvalue weighted by atomic mass is 10.0. The first-order valence-corrected chi connectivity index (χ1v) is 8.02. The van der Waals surface area contributed by atoms with Crippen molar-refractivity contribution in [1.29, 1.82) is 5.26 Å². The Hall–Kier alpha value is -2.80. The molecular weight excluding hydrogens is 303 g/mol. The van der Waals surface area contributed by atoms with Crippen LogP contribution in [-0.2, 0) is 0 Å². The van der Waals surface area contributed by atoms with E-state index in [0.29, 0.717) is 11.1 Å². The second-order valence-electron chi connectivity index (χ2n) is 5.80. The third-order valence-electron chi connectivity index (χ3n) is 4.26. The Morgan fingerprint density at radius 3 is 2.50 bits per heavy atom. The Morgan fingerprint density at radius 1 is 1.17 bits per heavy atom. The summed E-state index contributed by atoms with van der Waals surface area (Å²) in [5.74, 6) is 0.415. The number of hydrogen-bond acceptors (Lipinski definition) is 3. The molecule has 0 aromatic heterocycles. The molecule has 122 valence electrons. The van der Waals surface area contributed by atoms with Crippen LogP contribution < -0.4 is 9.64 Å². The highest BCUT2D eigenvalue weighted by molar-refractivity contribution is 5.90. The van der Waals surface area contributed by atoms with Gasteiger partial charge in [0.05, 0.1) is 18.8 Å². The molecule has 1 aliphatic rings. The molecule has 1 saturated heterocycles. The van der Waals surface area contributed by atoms with Crippen LogP contribution in [0.15, 0.2) is 42.5 Å². The fourth-order valence-electron chi connectivity index (χ4n) is 2.96. The number of allylic oxidation sites excluding steroid dienone is 1. The standard InChI is InChI=1S/C20H19FN2O/c1-24-20-13-19(23-10-2-3-11-23)9-6-16(20)12-17(14-22)15-4-7-18(21)8-5-15/h4-9,12-13H,2-3,10-11H2,1H3/b17-12+. The third-order valence-corrected chi connectivity index (χ3v) is 4.26. The molecule has 3 nitrogen and oxygen atoms in total. The van der Waals surface area contributed by atoms with Gasteiger partial charge in [0.25, 0.3) is 0 Å². The Balaban J connectivity index is 1.95. The van der Waals surface area contributed by atoms with Crippen LogP contribution in [0.25, 0.3) is 11.6 Å². The van der Waals surface area contributed by atoms with Crippen LogP contribution in [0.5, 0.6) is 5.75 Å². The van der Waals surface area contributed by atoms with Crippen molar-refractivity contribution in [3.05, 3.63) is 59.4 Å². The maximum absolute atomic E-state index is 13.1. The number of methoxy groups -OCH3 is 1. The third kappa shape index (κ3) is 3.41. The van der Waals surface area contributed by atoms with Gasteiger partial charge in [-0.05, 0) is 48.7 Å². The van der Waals surface area contributed by atoms with E-state index in [9.17, 15) is 9.65 Å². The number of benzene rings is 2. The average Bonchev–Trinajstić information content (AvgIpc) is 3.15. The number of nitrogens with zero attached hydrogens (tertiary/aromatic N) is 2. The van der Waals surface area contributed by atoms with E-state index in [-0.39, 0.29) is 5.82 Å². The van der Waals surface area contributed by atoms with Gasteiger partial charge in [0, 0.05) is 30.4 Å². The Morgan fingerprint density at radius 2 is 1.88 bits per heavy atom. The van der Waals surface area contributed by atoms with Crippen molar-refractivity contribution in [1.82, 2.24) is 0 Å². The summed E-state index contributed by atoms with van der Waals surface area (Å²) in [5.41, 5.74) is 3.13. The second kappa shape index (κ2) is 7.18. The highest BCUT2D eigenvalue weighted by Gasteiger charge is 2.14. The summed E-state index contributed by atoms with van der Waals surface area (Å²) < 4.78 is 18.6. The van der Waals surface area contributed by atoms with Gasteiger partial charge in [0.2, 0.25) is 0 Å². The maximum atomic E-state index is 13.1. The Kier molecular flexibility index (Phi) is 4.81. The summed E-state index contributed by atoms with van der Waals surface area (Å²) in [5, 5.41) is 9.44. The molecule has 0 atom stereocenters. The summed E-state index contributed by atoms with van der Waals surface area (Å²) in [6.45, 7) is 2.13. The number of rotatable bonds is 4. The van der Waals surface area contributed by atoms with Crippen molar-refractivity contribution in [3.8, 4) is 11.8 Å². The molecule has 24 heavy (non-hydrogen) atoms. The highest BCUT2D eigenvalue weighted by Crippen LogP contribution is 2.30. The predicted molar refractivity (Wildman–Crippen MR) is 94.3 cm³/mol. The zero-order chi connectivity index (χ0) is 16.9. The van der Waals surface area contributed by atoms with Gasteiger partial charge in [-0.15, -0.1) is 0 Å². The molecule has 0 bridgehead atoms.